The number of rotatable bonds is 3. The highest BCUT2D eigenvalue weighted by Crippen LogP contribution is 2.38. The molecule has 1 heterocycles. The van der Waals surface area contributed by atoms with Crippen molar-refractivity contribution in [2.75, 3.05) is 0 Å². The number of hydrogen-bond acceptors (Lipinski definition) is 2. The molecule has 26 heavy (non-hydrogen) atoms. The van der Waals surface area contributed by atoms with Crippen molar-refractivity contribution >= 4 is 5.91 Å². The third-order valence-electron chi connectivity index (χ3n) is 4.63. The van der Waals surface area contributed by atoms with Crippen molar-refractivity contribution < 1.29 is 22.4 Å². The number of aromatic nitrogens is 1. The molecule has 1 atom stereocenters. The molecule has 0 fully saturated rings. The molecule has 1 aromatic heterocycles. The number of halogens is 4. The highest BCUT2D eigenvalue weighted by Gasteiger charge is 2.34. The van der Waals surface area contributed by atoms with E-state index in [9.17, 15) is 22.4 Å². The van der Waals surface area contributed by atoms with Crippen LogP contribution in [0.5, 0.6) is 0 Å². The molecular formula is C19H18F4N2O. The molecule has 0 saturated carbocycles. The highest BCUT2D eigenvalue weighted by molar-refractivity contribution is 5.76. The maximum Gasteiger partial charge on any atom is 0.419 e. The summed E-state index contributed by atoms with van der Waals surface area (Å²) in [4.78, 5) is 15.9. The first-order chi connectivity index (χ1) is 12.3. The highest BCUT2D eigenvalue weighted by atomic mass is 19.4. The van der Waals surface area contributed by atoms with Crippen molar-refractivity contribution in [1.29, 1.82) is 0 Å². The maximum atomic E-state index is 14.0. The number of fused-ring (bicyclic) bond motifs is 1. The predicted octanol–water partition coefficient (Wildman–Crippen LogP) is 4.81. The quantitative estimate of drug-likeness (QED) is 0.792. The molecule has 0 spiro atoms. The van der Waals surface area contributed by atoms with Gasteiger partial charge in [-0.25, -0.2) is 4.39 Å². The van der Waals surface area contributed by atoms with Crippen molar-refractivity contribution in [3.05, 3.63) is 53.1 Å². The fourth-order valence-electron chi connectivity index (χ4n) is 3.33. The van der Waals surface area contributed by atoms with Gasteiger partial charge in [0.05, 0.1) is 11.6 Å². The smallest absolute Gasteiger partial charge is 0.349 e. The Bertz CT molecular complexity index is 833. The second kappa shape index (κ2) is 7.05. The Hall–Kier alpha value is -2.44. The Morgan fingerprint density at radius 2 is 2.08 bits per heavy atom. The summed E-state index contributed by atoms with van der Waals surface area (Å²) in [5.74, 6) is -1.38. The van der Waals surface area contributed by atoms with Crippen LogP contribution in [0.1, 0.15) is 48.9 Å². The van der Waals surface area contributed by atoms with Crippen LogP contribution in [0.15, 0.2) is 30.6 Å². The van der Waals surface area contributed by atoms with Crippen molar-refractivity contribution in [1.82, 2.24) is 10.3 Å². The number of carbonyl (C=O) groups is 1. The fourth-order valence-corrected chi connectivity index (χ4v) is 3.33. The summed E-state index contributed by atoms with van der Waals surface area (Å²) in [7, 11) is 0. The molecule has 1 aliphatic carbocycles. The minimum Gasteiger partial charge on any atom is -0.349 e. The van der Waals surface area contributed by atoms with E-state index in [1.165, 1.54) is 12.3 Å². The van der Waals surface area contributed by atoms with E-state index in [2.05, 4.69) is 10.3 Å². The van der Waals surface area contributed by atoms with Crippen LogP contribution in [-0.2, 0) is 17.4 Å². The summed E-state index contributed by atoms with van der Waals surface area (Å²) >= 11 is 0. The second-order valence-corrected chi connectivity index (χ2v) is 6.31. The van der Waals surface area contributed by atoms with Gasteiger partial charge in [0, 0.05) is 24.4 Å². The van der Waals surface area contributed by atoms with Gasteiger partial charge in [0.2, 0.25) is 5.91 Å². The number of amides is 1. The molecule has 0 unspecified atom stereocenters. The van der Waals surface area contributed by atoms with Gasteiger partial charge in [0.15, 0.2) is 0 Å². The zero-order valence-corrected chi connectivity index (χ0v) is 14.2. The van der Waals surface area contributed by atoms with Crippen LogP contribution in [0.2, 0.25) is 0 Å². The van der Waals surface area contributed by atoms with E-state index in [1.807, 2.05) is 0 Å². The lowest BCUT2D eigenvalue weighted by Crippen LogP contribution is -2.30. The Kier molecular flexibility index (Phi) is 4.98. The van der Waals surface area contributed by atoms with Crippen molar-refractivity contribution in [2.45, 2.75) is 44.8 Å². The molecule has 0 bridgehead atoms. The average Bonchev–Trinajstić information content (AvgIpc) is 2.60. The summed E-state index contributed by atoms with van der Waals surface area (Å²) in [6, 6.07) is 2.73. The van der Waals surface area contributed by atoms with Crippen LogP contribution in [0.4, 0.5) is 17.6 Å². The van der Waals surface area contributed by atoms with Gasteiger partial charge in [-0.3, -0.25) is 9.78 Å². The van der Waals surface area contributed by atoms with E-state index in [4.69, 9.17) is 0 Å². The zero-order chi connectivity index (χ0) is 18.9. The Labute approximate surface area is 148 Å². The Morgan fingerprint density at radius 1 is 1.31 bits per heavy atom. The number of carbonyl (C=O) groups excluding carboxylic acids is 1. The monoisotopic (exact) mass is 366 g/mol. The molecule has 138 valence electrons. The summed E-state index contributed by atoms with van der Waals surface area (Å²) in [6.07, 6.45) is 1.13. The van der Waals surface area contributed by atoms with E-state index < -0.39 is 17.6 Å². The lowest BCUT2D eigenvalue weighted by molar-refractivity contribution is -0.140. The van der Waals surface area contributed by atoms with Gasteiger partial charge in [0.1, 0.15) is 5.82 Å². The van der Waals surface area contributed by atoms with Crippen LogP contribution in [0.25, 0.3) is 11.1 Å². The number of benzene rings is 1. The fraction of sp³-hybridized carbons (Fsp3) is 0.368. The number of pyridine rings is 1. The second-order valence-electron chi connectivity index (χ2n) is 6.31. The van der Waals surface area contributed by atoms with E-state index >= 15 is 0 Å². The molecule has 1 aliphatic rings. The van der Waals surface area contributed by atoms with Gasteiger partial charge in [-0.1, -0.05) is 13.0 Å². The van der Waals surface area contributed by atoms with Crippen molar-refractivity contribution in [3.8, 4) is 11.1 Å². The molecule has 1 aromatic carbocycles. The van der Waals surface area contributed by atoms with Gasteiger partial charge >= 0.3 is 6.18 Å². The van der Waals surface area contributed by atoms with Crippen molar-refractivity contribution in [3.63, 3.8) is 0 Å². The predicted molar refractivity (Wildman–Crippen MR) is 88.7 cm³/mol. The molecule has 0 radical (unpaired) electrons. The van der Waals surface area contributed by atoms with E-state index in [0.717, 1.165) is 36.1 Å². The van der Waals surface area contributed by atoms with Crippen LogP contribution < -0.4 is 5.32 Å². The maximum absolute atomic E-state index is 14.0. The first kappa shape index (κ1) is 18.4. The van der Waals surface area contributed by atoms with Crippen LogP contribution in [0.3, 0.4) is 0 Å². The van der Waals surface area contributed by atoms with Gasteiger partial charge < -0.3 is 5.32 Å². The largest absolute Gasteiger partial charge is 0.419 e. The topological polar surface area (TPSA) is 42.0 Å². The summed E-state index contributed by atoms with van der Waals surface area (Å²) in [5, 5.41) is 2.94. The first-order valence-electron chi connectivity index (χ1n) is 8.44. The Morgan fingerprint density at radius 3 is 2.73 bits per heavy atom. The minimum absolute atomic E-state index is 0.0752. The summed E-state index contributed by atoms with van der Waals surface area (Å²) in [5.41, 5.74) is 1.41. The molecule has 3 rings (SSSR count). The Balaban J connectivity index is 2.01. The molecule has 0 aliphatic heterocycles. The average molecular weight is 366 g/mol. The summed E-state index contributed by atoms with van der Waals surface area (Å²) in [6.45, 7) is 1.76. The molecule has 3 nitrogen and oxygen atoms in total. The van der Waals surface area contributed by atoms with E-state index in [1.54, 1.807) is 13.1 Å². The third kappa shape index (κ3) is 3.57. The molecule has 2 aromatic rings. The van der Waals surface area contributed by atoms with Gasteiger partial charge in [-0.15, -0.1) is 0 Å². The molecule has 1 N–H and O–H groups in total. The number of nitrogens with zero attached hydrogens (tertiary/aromatic N) is 1. The first-order valence-corrected chi connectivity index (χ1v) is 8.44. The molecular weight excluding hydrogens is 348 g/mol. The molecule has 1 amide bonds. The molecule has 7 heteroatoms. The SMILES string of the molecule is CCC(=O)N[C@H]1CCCc2c(-c3ccc(C(F)(F)F)c(F)c3)cncc21. The number of nitrogens with one attached hydrogen (secondary N) is 1. The van der Waals surface area contributed by atoms with Gasteiger partial charge in [0.25, 0.3) is 0 Å². The van der Waals surface area contributed by atoms with Crippen LogP contribution >= 0.6 is 0 Å². The lowest BCUT2D eigenvalue weighted by atomic mass is 9.84. The normalized spacial score (nSPS) is 16.9. The lowest BCUT2D eigenvalue weighted by Gasteiger charge is -2.27. The molecule has 0 saturated heterocycles. The zero-order valence-electron chi connectivity index (χ0n) is 14.2. The number of alkyl halides is 3. The van der Waals surface area contributed by atoms with Crippen LogP contribution in [0, 0.1) is 5.82 Å². The van der Waals surface area contributed by atoms with E-state index in [-0.39, 0.29) is 11.9 Å². The van der Waals surface area contributed by atoms with E-state index in [0.29, 0.717) is 24.0 Å². The number of hydrogen-bond donors (Lipinski definition) is 1. The summed E-state index contributed by atoms with van der Waals surface area (Å²) < 4.78 is 52.3. The standard InChI is InChI=1S/C19H18F4N2O/c1-2-18(26)25-17-5-3-4-12-13(9-24-10-14(12)17)11-6-7-15(16(20)8-11)19(21,22)23/h6-10,17H,2-5H2,1H3,(H,25,26)/t17-/m0/s1. The van der Waals surface area contributed by atoms with Crippen molar-refractivity contribution in [2.24, 2.45) is 0 Å². The van der Waals surface area contributed by atoms with Gasteiger partial charge in [-0.05, 0) is 48.1 Å². The minimum atomic E-state index is -4.73. The van der Waals surface area contributed by atoms with Gasteiger partial charge in [-0.2, -0.15) is 13.2 Å². The van der Waals surface area contributed by atoms with Crippen LogP contribution in [-0.4, -0.2) is 10.9 Å². The third-order valence-corrected chi connectivity index (χ3v) is 4.63.